The standard InChI is InChI=1S/C14H17BrO/c1-8-6-10-7-13(3,16)14(4-5-14)9(2)11(10)12(8)15/h7,16H,4-6H2,1-3H3/t13-/m1/s1. The fourth-order valence-corrected chi connectivity index (χ4v) is 4.13. The number of hydrogen-bond donors (Lipinski definition) is 1. The first-order valence-corrected chi connectivity index (χ1v) is 6.70. The SMILES string of the molecule is CC1=C(Br)C2=C(C)C3(CC3)[C@](C)(O)C=C2C1. The van der Waals surface area contributed by atoms with Crippen LogP contribution in [0.15, 0.2) is 32.9 Å². The Morgan fingerprint density at radius 2 is 1.94 bits per heavy atom. The lowest BCUT2D eigenvalue weighted by molar-refractivity contribution is 0.0458. The normalized spacial score (nSPS) is 35.7. The molecule has 2 heteroatoms. The monoisotopic (exact) mass is 280 g/mol. The van der Waals surface area contributed by atoms with Crippen LogP contribution in [0.5, 0.6) is 0 Å². The van der Waals surface area contributed by atoms with Gasteiger partial charge in [-0.1, -0.05) is 27.1 Å². The lowest BCUT2D eigenvalue weighted by atomic mass is 9.72. The van der Waals surface area contributed by atoms with Crippen LogP contribution in [0.1, 0.15) is 40.0 Å². The fourth-order valence-electron chi connectivity index (χ4n) is 3.44. The fraction of sp³-hybridized carbons (Fsp3) is 0.571. The third-order valence-electron chi connectivity index (χ3n) is 4.64. The van der Waals surface area contributed by atoms with Gasteiger partial charge in [-0.05, 0) is 57.3 Å². The average molecular weight is 281 g/mol. The molecule has 0 aromatic heterocycles. The predicted octanol–water partition coefficient (Wildman–Crippen LogP) is 3.85. The number of hydrogen-bond acceptors (Lipinski definition) is 1. The van der Waals surface area contributed by atoms with Crippen molar-refractivity contribution in [3.63, 3.8) is 0 Å². The van der Waals surface area contributed by atoms with Crippen molar-refractivity contribution in [3.8, 4) is 0 Å². The van der Waals surface area contributed by atoms with Crippen molar-refractivity contribution in [3.05, 3.63) is 32.9 Å². The minimum absolute atomic E-state index is 0.0372. The molecule has 1 N–H and O–H groups in total. The molecule has 16 heavy (non-hydrogen) atoms. The van der Waals surface area contributed by atoms with E-state index in [4.69, 9.17) is 0 Å². The Hall–Kier alpha value is -0.340. The number of fused-ring (bicyclic) bond motifs is 1. The maximum atomic E-state index is 10.6. The zero-order valence-electron chi connectivity index (χ0n) is 10.0. The Bertz CT molecular complexity index is 473. The highest BCUT2D eigenvalue weighted by Gasteiger charge is 2.59. The summed E-state index contributed by atoms with van der Waals surface area (Å²) in [6, 6.07) is 0. The Balaban J connectivity index is 2.22. The number of allylic oxidation sites excluding steroid dienone is 4. The molecule has 1 spiro atoms. The van der Waals surface area contributed by atoms with Gasteiger partial charge in [-0.15, -0.1) is 0 Å². The molecular formula is C14H17BrO. The van der Waals surface area contributed by atoms with Crippen LogP contribution in [0, 0.1) is 5.41 Å². The molecule has 0 radical (unpaired) electrons. The van der Waals surface area contributed by atoms with Gasteiger partial charge in [0.1, 0.15) is 0 Å². The molecule has 0 amide bonds. The van der Waals surface area contributed by atoms with E-state index in [-0.39, 0.29) is 5.41 Å². The summed E-state index contributed by atoms with van der Waals surface area (Å²) in [5.41, 5.74) is 4.85. The van der Waals surface area contributed by atoms with Crippen molar-refractivity contribution in [2.24, 2.45) is 5.41 Å². The minimum Gasteiger partial charge on any atom is -0.385 e. The Labute approximate surface area is 105 Å². The Morgan fingerprint density at radius 3 is 2.50 bits per heavy atom. The van der Waals surface area contributed by atoms with Gasteiger partial charge in [-0.2, -0.15) is 0 Å². The molecular weight excluding hydrogens is 264 g/mol. The van der Waals surface area contributed by atoms with Crippen LogP contribution < -0.4 is 0 Å². The van der Waals surface area contributed by atoms with E-state index in [9.17, 15) is 5.11 Å². The van der Waals surface area contributed by atoms with Crippen molar-refractivity contribution in [1.29, 1.82) is 0 Å². The van der Waals surface area contributed by atoms with E-state index in [1.54, 1.807) is 0 Å². The van der Waals surface area contributed by atoms with Crippen LogP contribution in [-0.4, -0.2) is 10.7 Å². The van der Waals surface area contributed by atoms with Gasteiger partial charge in [0, 0.05) is 9.90 Å². The maximum absolute atomic E-state index is 10.6. The quantitative estimate of drug-likeness (QED) is 0.715. The van der Waals surface area contributed by atoms with E-state index in [1.165, 1.54) is 26.8 Å². The molecule has 3 rings (SSSR count). The number of rotatable bonds is 0. The third kappa shape index (κ3) is 1.10. The highest BCUT2D eigenvalue weighted by Crippen LogP contribution is 2.65. The van der Waals surface area contributed by atoms with Gasteiger partial charge in [-0.25, -0.2) is 0 Å². The van der Waals surface area contributed by atoms with Crippen molar-refractivity contribution in [1.82, 2.24) is 0 Å². The van der Waals surface area contributed by atoms with E-state index < -0.39 is 5.60 Å². The van der Waals surface area contributed by atoms with E-state index in [1.807, 2.05) is 6.92 Å². The smallest absolute Gasteiger partial charge is 0.0898 e. The van der Waals surface area contributed by atoms with Gasteiger partial charge in [0.05, 0.1) is 5.60 Å². The van der Waals surface area contributed by atoms with Crippen LogP contribution >= 0.6 is 15.9 Å². The summed E-state index contributed by atoms with van der Waals surface area (Å²) in [6.07, 6.45) is 5.33. The zero-order chi connectivity index (χ0) is 11.7. The summed E-state index contributed by atoms with van der Waals surface area (Å²) in [5.74, 6) is 0. The highest BCUT2D eigenvalue weighted by atomic mass is 79.9. The second kappa shape index (κ2) is 2.91. The first-order chi connectivity index (χ1) is 7.39. The van der Waals surface area contributed by atoms with Gasteiger partial charge in [-0.3, -0.25) is 0 Å². The van der Waals surface area contributed by atoms with Gasteiger partial charge >= 0.3 is 0 Å². The van der Waals surface area contributed by atoms with Crippen molar-refractivity contribution < 1.29 is 5.11 Å². The maximum Gasteiger partial charge on any atom is 0.0898 e. The summed E-state index contributed by atoms with van der Waals surface area (Å²) in [4.78, 5) is 0. The first-order valence-electron chi connectivity index (χ1n) is 5.90. The molecule has 0 unspecified atom stereocenters. The van der Waals surface area contributed by atoms with Crippen LogP contribution in [0.3, 0.4) is 0 Å². The number of halogens is 1. The predicted molar refractivity (Wildman–Crippen MR) is 69.3 cm³/mol. The molecule has 0 heterocycles. The molecule has 1 atom stereocenters. The molecule has 3 aliphatic carbocycles. The lowest BCUT2D eigenvalue weighted by Crippen LogP contribution is -2.38. The van der Waals surface area contributed by atoms with Gasteiger partial charge in [0.25, 0.3) is 0 Å². The van der Waals surface area contributed by atoms with Crippen LogP contribution in [0.2, 0.25) is 0 Å². The van der Waals surface area contributed by atoms with Gasteiger partial charge in [0.2, 0.25) is 0 Å². The van der Waals surface area contributed by atoms with E-state index >= 15 is 0 Å². The van der Waals surface area contributed by atoms with Crippen LogP contribution in [0.4, 0.5) is 0 Å². The largest absolute Gasteiger partial charge is 0.385 e. The zero-order valence-corrected chi connectivity index (χ0v) is 11.6. The molecule has 1 nitrogen and oxygen atoms in total. The summed E-state index contributed by atoms with van der Waals surface area (Å²) < 4.78 is 1.26. The molecule has 1 fully saturated rings. The third-order valence-corrected chi connectivity index (χ3v) is 5.71. The molecule has 0 aromatic rings. The molecule has 0 aromatic carbocycles. The Kier molecular flexibility index (Phi) is 1.96. The van der Waals surface area contributed by atoms with Crippen molar-refractivity contribution >= 4 is 15.9 Å². The molecule has 86 valence electrons. The second-order valence-electron chi connectivity index (χ2n) is 5.67. The molecule has 0 aliphatic heterocycles. The number of aliphatic hydroxyl groups is 1. The van der Waals surface area contributed by atoms with Crippen molar-refractivity contribution in [2.75, 3.05) is 0 Å². The van der Waals surface area contributed by atoms with Gasteiger partial charge < -0.3 is 5.11 Å². The summed E-state index contributed by atoms with van der Waals surface area (Å²) >= 11 is 3.70. The van der Waals surface area contributed by atoms with Crippen molar-refractivity contribution in [2.45, 2.75) is 45.6 Å². The first kappa shape index (κ1) is 10.8. The molecule has 0 bridgehead atoms. The molecule has 3 aliphatic rings. The second-order valence-corrected chi connectivity index (χ2v) is 6.46. The highest BCUT2D eigenvalue weighted by molar-refractivity contribution is 9.12. The van der Waals surface area contributed by atoms with E-state index in [2.05, 4.69) is 35.9 Å². The average Bonchev–Trinajstić information content (AvgIpc) is 2.91. The summed E-state index contributed by atoms with van der Waals surface area (Å²) in [7, 11) is 0. The molecule has 0 saturated heterocycles. The lowest BCUT2D eigenvalue weighted by Gasteiger charge is -2.37. The minimum atomic E-state index is -0.645. The Morgan fingerprint density at radius 1 is 1.31 bits per heavy atom. The summed E-state index contributed by atoms with van der Waals surface area (Å²) in [5, 5.41) is 10.6. The van der Waals surface area contributed by atoms with Gasteiger partial charge in [0.15, 0.2) is 0 Å². The van der Waals surface area contributed by atoms with Crippen LogP contribution in [-0.2, 0) is 0 Å². The van der Waals surface area contributed by atoms with E-state index in [0.717, 1.165) is 19.3 Å². The topological polar surface area (TPSA) is 20.2 Å². The summed E-state index contributed by atoms with van der Waals surface area (Å²) in [6.45, 7) is 6.33. The van der Waals surface area contributed by atoms with Crippen LogP contribution in [0.25, 0.3) is 0 Å². The molecule has 1 saturated carbocycles. The van der Waals surface area contributed by atoms with E-state index in [0.29, 0.717) is 0 Å².